The summed E-state index contributed by atoms with van der Waals surface area (Å²) in [5.74, 6) is -0.444. The molecule has 1 aliphatic heterocycles. The molecule has 2 aromatic rings. The Balaban J connectivity index is 0.000000221. The average Bonchev–Trinajstić information content (AvgIpc) is 3.22. The standard InChI is InChI=1S/C11H13N3O3.C8H8O3/c12-9-5-8(6-10(7-9)14(16)17)11(15)13-3-1-2-4-13;1-11-8(10)6-2-4-7(9)5-3-6/h5-7H,1-4,12H2;2-5,9H,1H3. The van der Waals surface area contributed by atoms with E-state index in [0.29, 0.717) is 24.2 Å². The van der Waals surface area contributed by atoms with Crippen LogP contribution >= 0.6 is 0 Å². The van der Waals surface area contributed by atoms with Crippen LogP contribution in [0.4, 0.5) is 11.4 Å². The van der Waals surface area contributed by atoms with Crippen LogP contribution in [0.15, 0.2) is 42.5 Å². The zero-order valence-electron chi connectivity index (χ0n) is 15.3. The molecule has 2 aromatic carbocycles. The number of nitro groups is 1. The van der Waals surface area contributed by atoms with Crippen LogP contribution in [0.25, 0.3) is 0 Å². The molecule has 0 saturated carbocycles. The number of ether oxygens (including phenoxy) is 1. The summed E-state index contributed by atoms with van der Waals surface area (Å²) in [5, 5.41) is 19.5. The van der Waals surface area contributed by atoms with Crippen LogP contribution in [0.3, 0.4) is 0 Å². The maximum Gasteiger partial charge on any atom is 0.337 e. The van der Waals surface area contributed by atoms with Crippen LogP contribution in [0.5, 0.6) is 5.75 Å². The maximum absolute atomic E-state index is 12.0. The smallest absolute Gasteiger partial charge is 0.337 e. The summed E-state index contributed by atoms with van der Waals surface area (Å²) in [5.41, 5.74) is 6.38. The van der Waals surface area contributed by atoms with Crippen LogP contribution in [0.2, 0.25) is 0 Å². The number of non-ortho nitro benzene ring substituents is 1. The van der Waals surface area contributed by atoms with Crippen molar-refractivity contribution >= 4 is 23.3 Å². The van der Waals surface area contributed by atoms with Crippen molar-refractivity contribution in [3.63, 3.8) is 0 Å². The minimum absolute atomic E-state index is 0.137. The first-order valence-electron chi connectivity index (χ1n) is 8.53. The number of aromatic hydroxyl groups is 1. The molecule has 0 unspecified atom stereocenters. The number of carbonyl (C=O) groups excluding carboxylic acids is 2. The Morgan fingerprint density at radius 1 is 1.11 bits per heavy atom. The molecular formula is C19H21N3O6. The van der Waals surface area contributed by atoms with Crippen LogP contribution in [0.1, 0.15) is 33.6 Å². The summed E-state index contributed by atoms with van der Waals surface area (Å²) in [7, 11) is 1.31. The molecule has 1 amide bonds. The van der Waals surface area contributed by atoms with E-state index in [1.807, 2.05) is 0 Å². The predicted molar refractivity (Wildman–Crippen MR) is 102 cm³/mol. The number of carbonyl (C=O) groups is 2. The van der Waals surface area contributed by atoms with Crippen LogP contribution in [-0.2, 0) is 4.74 Å². The highest BCUT2D eigenvalue weighted by atomic mass is 16.6. The lowest BCUT2D eigenvalue weighted by molar-refractivity contribution is -0.384. The van der Waals surface area contributed by atoms with E-state index in [9.17, 15) is 19.7 Å². The number of nitrogens with two attached hydrogens (primary N) is 1. The van der Waals surface area contributed by atoms with Crippen molar-refractivity contribution in [3.05, 3.63) is 63.7 Å². The van der Waals surface area contributed by atoms with Crippen molar-refractivity contribution < 1.29 is 24.4 Å². The summed E-state index contributed by atoms with van der Waals surface area (Å²) >= 11 is 0. The van der Waals surface area contributed by atoms with Gasteiger partial charge >= 0.3 is 5.97 Å². The van der Waals surface area contributed by atoms with E-state index < -0.39 is 10.9 Å². The number of nitrogen functional groups attached to an aromatic ring is 1. The summed E-state index contributed by atoms with van der Waals surface area (Å²) in [6.45, 7) is 1.42. The lowest BCUT2D eigenvalue weighted by Gasteiger charge is -2.15. The highest BCUT2D eigenvalue weighted by Gasteiger charge is 2.21. The number of phenols is 1. The maximum atomic E-state index is 12.0. The quantitative estimate of drug-likeness (QED) is 0.357. The third-order valence-corrected chi connectivity index (χ3v) is 4.08. The Morgan fingerprint density at radius 2 is 1.71 bits per heavy atom. The van der Waals surface area contributed by atoms with Gasteiger partial charge in [-0.25, -0.2) is 4.79 Å². The lowest BCUT2D eigenvalue weighted by atomic mass is 10.1. The van der Waals surface area contributed by atoms with Crippen molar-refractivity contribution in [3.8, 4) is 5.75 Å². The molecule has 1 heterocycles. The molecule has 1 fully saturated rings. The van der Waals surface area contributed by atoms with Gasteiger partial charge in [-0.3, -0.25) is 14.9 Å². The third kappa shape index (κ3) is 5.44. The number of amides is 1. The van der Waals surface area contributed by atoms with E-state index in [0.717, 1.165) is 12.8 Å². The molecule has 9 heteroatoms. The molecule has 0 spiro atoms. The SMILES string of the molecule is COC(=O)c1ccc(O)cc1.Nc1cc(C(=O)N2CCCC2)cc([N+](=O)[O-])c1. The van der Waals surface area contributed by atoms with Gasteiger partial charge in [0, 0.05) is 36.5 Å². The molecule has 9 nitrogen and oxygen atoms in total. The van der Waals surface area contributed by atoms with Gasteiger partial charge in [0.15, 0.2) is 0 Å². The van der Waals surface area contributed by atoms with Crippen LogP contribution in [-0.4, -0.2) is 47.0 Å². The van der Waals surface area contributed by atoms with Gasteiger partial charge in [0.05, 0.1) is 17.6 Å². The molecule has 3 N–H and O–H groups in total. The Hall–Kier alpha value is -3.62. The van der Waals surface area contributed by atoms with Crippen LogP contribution < -0.4 is 5.73 Å². The van der Waals surface area contributed by atoms with Gasteiger partial charge in [-0.05, 0) is 43.2 Å². The van der Waals surface area contributed by atoms with E-state index in [-0.39, 0.29) is 23.0 Å². The second-order valence-corrected chi connectivity index (χ2v) is 6.11. The molecule has 0 radical (unpaired) electrons. The van der Waals surface area contributed by atoms with Gasteiger partial charge in [-0.2, -0.15) is 0 Å². The van der Waals surface area contributed by atoms with E-state index >= 15 is 0 Å². The lowest BCUT2D eigenvalue weighted by Crippen LogP contribution is -2.27. The van der Waals surface area contributed by atoms with Crippen molar-refractivity contribution in [2.75, 3.05) is 25.9 Å². The number of likely N-dealkylation sites (tertiary alicyclic amines) is 1. The van der Waals surface area contributed by atoms with Gasteiger partial charge in [0.2, 0.25) is 0 Å². The van der Waals surface area contributed by atoms with Crippen molar-refractivity contribution in [1.82, 2.24) is 4.90 Å². The monoisotopic (exact) mass is 387 g/mol. The molecule has 148 valence electrons. The van der Waals surface area contributed by atoms with Gasteiger partial charge in [-0.1, -0.05) is 0 Å². The molecule has 0 bridgehead atoms. The highest BCUT2D eigenvalue weighted by molar-refractivity contribution is 5.96. The summed E-state index contributed by atoms with van der Waals surface area (Å²) in [4.78, 5) is 34.7. The fraction of sp³-hybridized carbons (Fsp3) is 0.263. The highest BCUT2D eigenvalue weighted by Crippen LogP contribution is 2.21. The Kier molecular flexibility index (Phi) is 6.91. The Morgan fingerprint density at radius 3 is 2.25 bits per heavy atom. The first-order chi connectivity index (χ1) is 13.3. The van der Waals surface area contributed by atoms with E-state index in [1.165, 1.54) is 49.6 Å². The Labute approximate surface area is 161 Å². The summed E-state index contributed by atoms with van der Waals surface area (Å²) < 4.78 is 4.46. The van der Waals surface area contributed by atoms with Gasteiger partial charge in [0.1, 0.15) is 5.75 Å². The molecule has 0 atom stereocenters. The second-order valence-electron chi connectivity index (χ2n) is 6.11. The fourth-order valence-corrected chi connectivity index (χ4v) is 2.68. The molecule has 1 saturated heterocycles. The number of hydrogen-bond acceptors (Lipinski definition) is 7. The molecule has 1 aliphatic rings. The fourth-order valence-electron chi connectivity index (χ4n) is 2.68. The minimum atomic E-state index is -0.545. The predicted octanol–water partition coefficient (Wildman–Crippen LogP) is 2.59. The molecule has 0 aliphatic carbocycles. The normalized spacial score (nSPS) is 12.7. The summed E-state index contributed by atoms with van der Waals surface area (Å²) in [6, 6.07) is 9.88. The van der Waals surface area contributed by atoms with Crippen molar-refractivity contribution in [2.45, 2.75) is 12.8 Å². The largest absolute Gasteiger partial charge is 0.508 e. The number of anilines is 1. The van der Waals surface area contributed by atoms with Gasteiger partial charge in [-0.15, -0.1) is 0 Å². The number of phenolic OH excluding ortho intramolecular Hbond substituents is 1. The molecule has 3 rings (SSSR count). The molecule has 0 aromatic heterocycles. The zero-order chi connectivity index (χ0) is 20.7. The number of benzene rings is 2. The van der Waals surface area contributed by atoms with Crippen LogP contribution in [0, 0.1) is 10.1 Å². The van der Waals surface area contributed by atoms with E-state index in [4.69, 9.17) is 10.8 Å². The first kappa shape index (κ1) is 20.7. The number of hydrogen-bond donors (Lipinski definition) is 2. The summed E-state index contributed by atoms with van der Waals surface area (Å²) in [6.07, 6.45) is 1.96. The Bertz CT molecular complexity index is 860. The topological polar surface area (TPSA) is 136 Å². The number of esters is 1. The molecule has 28 heavy (non-hydrogen) atoms. The van der Waals surface area contributed by atoms with Crippen molar-refractivity contribution in [2.24, 2.45) is 0 Å². The van der Waals surface area contributed by atoms with E-state index in [1.54, 1.807) is 4.90 Å². The van der Waals surface area contributed by atoms with Gasteiger partial charge in [0.25, 0.3) is 11.6 Å². The number of methoxy groups -OCH3 is 1. The second kappa shape index (κ2) is 9.36. The third-order valence-electron chi connectivity index (χ3n) is 4.08. The zero-order valence-corrected chi connectivity index (χ0v) is 15.3. The van der Waals surface area contributed by atoms with Gasteiger partial charge < -0.3 is 20.5 Å². The average molecular weight is 387 g/mol. The van der Waals surface area contributed by atoms with E-state index in [2.05, 4.69) is 4.74 Å². The van der Waals surface area contributed by atoms with Crippen molar-refractivity contribution in [1.29, 1.82) is 0 Å². The number of rotatable bonds is 3. The molecular weight excluding hydrogens is 366 g/mol. The number of nitrogens with zero attached hydrogens (tertiary/aromatic N) is 2. The minimum Gasteiger partial charge on any atom is -0.508 e. The first-order valence-corrected chi connectivity index (χ1v) is 8.53. The number of nitro benzene ring substituents is 1.